The van der Waals surface area contributed by atoms with E-state index in [-0.39, 0.29) is 6.61 Å². The normalized spacial score (nSPS) is 13.1. The zero-order valence-electron chi connectivity index (χ0n) is 11.6. The second kappa shape index (κ2) is 8.42. The van der Waals surface area contributed by atoms with Gasteiger partial charge in [-0.1, -0.05) is 6.58 Å². The maximum Gasteiger partial charge on any atom is 0.333 e. The van der Waals surface area contributed by atoms with Crippen LogP contribution in [0.1, 0.15) is 6.92 Å². The summed E-state index contributed by atoms with van der Waals surface area (Å²) in [6.07, 6.45) is -0.627. The first-order chi connectivity index (χ1) is 8.22. The molecule has 0 bridgehead atoms. The first-order valence-electron chi connectivity index (χ1n) is 5.30. The smallest absolute Gasteiger partial charge is 0.333 e. The van der Waals surface area contributed by atoms with Crippen LogP contribution in [0, 0.1) is 0 Å². The highest BCUT2D eigenvalue weighted by Crippen LogP contribution is 2.18. The molecule has 1 unspecified atom stereocenters. The Bertz CT molecular complexity index is 336. The highest BCUT2D eigenvalue weighted by molar-refractivity contribution is 7.43. The second-order valence-corrected chi connectivity index (χ2v) is 5.98. The number of carbonyl (C=O) groups excluding carboxylic acids is 1. The molecule has 0 aliphatic heterocycles. The van der Waals surface area contributed by atoms with Gasteiger partial charge in [0.05, 0.1) is 21.1 Å². The summed E-state index contributed by atoms with van der Waals surface area (Å²) in [7, 11) is 0.997. The third-order valence-corrected chi connectivity index (χ3v) is 1.51. The third kappa shape index (κ3) is 22.8. The number of hydrogen-bond acceptors (Lipinski definition) is 5. The molecular weight excluding hydrogens is 277 g/mol. The standard InChI is InChI=1S/C10H20NO3.H3O4P/c1-8(2)10(13)14-7-9(12)6-11(3,4)5;1-5(2,3)4/h9,12H,1,6-7H2,2-5H3;(H3,1,2,3,4)/q+1;/p-1. The molecule has 0 saturated heterocycles. The fourth-order valence-electron chi connectivity index (χ4n) is 0.980. The number of aliphatic hydroxyl groups is 1. The van der Waals surface area contributed by atoms with Crippen molar-refractivity contribution in [1.82, 2.24) is 0 Å². The Morgan fingerprint density at radius 1 is 1.42 bits per heavy atom. The lowest BCUT2D eigenvalue weighted by molar-refractivity contribution is -0.873. The molecule has 0 aromatic rings. The van der Waals surface area contributed by atoms with Crippen LogP contribution < -0.4 is 4.89 Å². The first-order valence-corrected chi connectivity index (χ1v) is 6.83. The van der Waals surface area contributed by atoms with Crippen LogP contribution >= 0.6 is 7.82 Å². The average Bonchev–Trinajstić information content (AvgIpc) is 2.08. The number of esters is 1. The molecule has 1 atom stereocenters. The van der Waals surface area contributed by atoms with Gasteiger partial charge in [-0.15, -0.1) is 0 Å². The number of phosphoric acid groups is 1. The molecule has 9 heteroatoms. The van der Waals surface area contributed by atoms with Crippen LogP contribution in [0.3, 0.4) is 0 Å². The van der Waals surface area contributed by atoms with Crippen LogP contribution in [0.2, 0.25) is 0 Å². The molecule has 0 aliphatic carbocycles. The van der Waals surface area contributed by atoms with Crippen molar-refractivity contribution in [2.24, 2.45) is 0 Å². The van der Waals surface area contributed by atoms with E-state index in [4.69, 9.17) is 24.0 Å². The van der Waals surface area contributed by atoms with Gasteiger partial charge in [-0.25, -0.2) is 4.79 Å². The van der Waals surface area contributed by atoms with Gasteiger partial charge in [-0.2, -0.15) is 0 Å². The van der Waals surface area contributed by atoms with E-state index in [0.717, 1.165) is 0 Å². The number of rotatable bonds is 5. The molecule has 0 aliphatic rings. The van der Waals surface area contributed by atoms with Gasteiger partial charge in [0.1, 0.15) is 19.3 Å². The quantitative estimate of drug-likeness (QED) is 0.247. The predicted octanol–water partition coefficient (Wildman–Crippen LogP) is -1.39. The minimum absolute atomic E-state index is 0.0290. The highest BCUT2D eigenvalue weighted by Gasteiger charge is 2.17. The zero-order chi connectivity index (χ0) is 15.9. The van der Waals surface area contributed by atoms with Crippen molar-refractivity contribution in [3.05, 3.63) is 12.2 Å². The van der Waals surface area contributed by atoms with Crippen LogP contribution in [0.4, 0.5) is 0 Å². The maximum atomic E-state index is 11.0. The van der Waals surface area contributed by atoms with E-state index in [2.05, 4.69) is 6.58 Å². The Morgan fingerprint density at radius 3 is 2.05 bits per heavy atom. The number of ether oxygens (including phenoxy) is 1. The van der Waals surface area contributed by atoms with Crippen molar-refractivity contribution in [1.29, 1.82) is 0 Å². The fraction of sp³-hybridized carbons (Fsp3) is 0.700. The molecule has 0 saturated carbocycles. The number of quaternary nitrogens is 1. The molecule has 114 valence electrons. The summed E-state index contributed by atoms with van der Waals surface area (Å²) in [6.45, 7) is 5.60. The topological polar surface area (TPSA) is 127 Å². The summed E-state index contributed by atoms with van der Waals surface area (Å²) in [6, 6.07) is 0. The molecule has 0 radical (unpaired) electrons. The number of aliphatic hydroxyl groups excluding tert-OH is 1. The van der Waals surface area contributed by atoms with Gasteiger partial charge in [-0.05, 0) is 6.92 Å². The fourth-order valence-corrected chi connectivity index (χ4v) is 0.980. The third-order valence-electron chi connectivity index (χ3n) is 1.51. The van der Waals surface area contributed by atoms with Gasteiger partial charge >= 0.3 is 5.97 Å². The molecule has 0 aromatic heterocycles. The monoisotopic (exact) mass is 299 g/mol. The van der Waals surface area contributed by atoms with Crippen LogP contribution in [-0.2, 0) is 14.1 Å². The lowest BCUT2D eigenvalue weighted by Gasteiger charge is -2.26. The van der Waals surface area contributed by atoms with Gasteiger partial charge in [0.2, 0.25) is 0 Å². The van der Waals surface area contributed by atoms with Crippen molar-refractivity contribution in [2.75, 3.05) is 34.3 Å². The number of carbonyl (C=O) groups is 1. The molecule has 19 heavy (non-hydrogen) atoms. The molecule has 3 N–H and O–H groups in total. The molecule has 0 fully saturated rings. The summed E-state index contributed by atoms with van der Waals surface area (Å²) in [4.78, 5) is 33.9. The Labute approximate surface area is 112 Å². The average molecular weight is 299 g/mol. The lowest BCUT2D eigenvalue weighted by atomic mass is 10.3. The van der Waals surface area contributed by atoms with Crippen molar-refractivity contribution in [2.45, 2.75) is 13.0 Å². The first kappa shape index (κ1) is 20.6. The Balaban J connectivity index is 0. The number of hydrogen-bond donors (Lipinski definition) is 3. The van der Waals surface area contributed by atoms with Gasteiger partial charge in [0.15, 0.2) is 0 Å². The van der Waals surface area contributed by atoms with E-state index < -0.39 is 19.9 Å². The van der Waals surface area contributed by atoms with E-state index >= 15 is 0 Å². The molecule has 0 aromatic carbocycles. The molecule has 8 nitrogen and oxygen atoms in total. The van der Waals surface area contributed by atoms with Crippen LogP contribution in [0.15, 0.2) is 12.2 Å². The van der Waals surface area contributed by atoms with Crippen molar-refractivity contribution in [3.8, 4) is 0 Å². The summed E-state index contributed by atoms with van der Waals surface area (Å²) in [5, 5.41) is 9.49. The molecule has 0 amide bonds. The van der Waals surface area contributed by atoms with Gasteiger partial charge < -0.3 is 29.0 Å². The minimum Gasteiger partial charge on any atom is -0.756 e. The van der Waals surface area contributed by atoms with Gasteiger partial charge in [0.25, 0.3) is 7.82 Å². The van der Waals surface area contributed by atoms with E-state index in [1.165, 1.54) is 0 Å². The maximum absolute atomic E-state index is 11.0. The zero-order valence-corrected chi connectivity index (χ0v) is 12.5. The number of nitrogens with zero attached hydrogens (tertiary/aromatic N) is 1. The molecule has 0 spiro atoms. The van der Waals surface area contributed by atoms with Gasteiger partial charge in [0, 0.05) is 5.57 Å². The van der Waals surface area contributed by atoms with E-state index in [0.29, 0.717) is 16.6 Å². The minimum atomic E-state index is -4.89. The van der Waals surface area contributed by atoms with Crippen molar-refractivity contribution >= 4 is 13.8 Å². The van der Waals surface area contributed by atoms with E-state index in [1.54, 1.807) is 6.92 Å². The Kier molecular flexibility index (Phi) is 9.11. The summed E-state index contributed by atoms with van der Waals surface area (Å²) in [5.41, 5.74) is 0.349. The van der Waals surface area contributed by atoms with Crippen molar-refractivity contribution < 1.29 is 38.4 Å². The molecule has 0 rings (SSSR count). The van der Waals surface area contributed by atoms with Crippen LogP contribution in [0.5, 0.6) is 0 Å². The predicted molar refractivity (Wildman–Crippen MR) is 66.7 cm³/mol. The van der Waals surface area contributed by atoms with E-state index in [9.17, 15) is 9.90 Å². The highest BCUT2D eigenvalue weighted by atomic mass is 31.2. The summed E-state index contributed by atoms with van der Waals surface area (Å²) >= 11 is 0. The van der Waals surface area contributed by atoms with Crippen molar-refractivity contribution in [3.63, 3.8) is 0 Å². The van der Waals surface area contributed by atoms with Crippen LogP contribution in [0.25, 0.3) is 0 Å². The molecule has 0 heterocycles. The molecular formula is C10H22NO7P. The van der Waals surface area contributed by atoms with Crippen LogP contribution in [-0.4, -0.2) is 65.7 Å². The largest absolute Gasteiger partial charge is 0.756 e. The SMILES string of the molecule is C=C(C)C(=O)OCC(O)C[N+](C)(C)C.O=P([O-])(O)O. The summed E-state index contributed by atoms with van der Waals surface area (Å²) < 4.78 is 14.2. The number of likely N-dealkylation sites (N-methyl/N-ethyl adjacent to an activating group) is 1. The van der Waals surface area contributed by atoms with Gasteiger partial charge in [-0.3, -0.25) is 4.57 Å². The Hall–Kier alpha value is -0.760. The Morgan fingerprint density at radius 2 is 1.79 bits per heavy atom. The van der Waals surface area contributed by atoms with E-state index in [1.807, 2.05) is 21.1 Å². The summed E-state index contributed by atoms with van der Waals surface area (Å²) in [5.74, 6) is -0.453. The lowest BCUT2D eigenvalue weighted by Crippen LogP contribution is -2.43. The second-order valence-electron chi connectivity index (χ2n) is 5.00.